The number of nitro benzene ring substituents is 1. The Morgan fingerprint density at radius 2 is 2.00 bits per heavy atom. The number of thioether (sulfide) groups is 1. The molecule has 144 valence electrons. The summed E-state index contributed by atoms with van der Waals surface area (Å²) >= 11 is 1.55. The molecule has 1 heterocycles. The highest BCUT2D eigenvalue weighted by Crippen LogP contribution is 2.35. The van der Waals surface area contributed by atoms with Gasteiger partial charge in [0.15, 0.2) is 0 Å². The van der Waals surface area contributed by atoms with Crippen LogP contribution in [0.2, 0.25) is 0 Å². The number of hydrogen-bond donors (Lipinski definition) is 1. The van der Waals surface area contributed by atoms with Gasteiger partial charge in [0.1, 0.15) is 5.60 Å². The van der Waals surface area contributed by atoms with Crippen molar-refractivity contribution in [2.24, 2.45) is 0 Å². The maximum absolute atomic E-state index is 12.4. The third-order valence-electron chi connectivity index (χ3n) is 4.18. The van der Waals surface area contributed by atoms with E-state index >= 15 is 0 Å². The lowest BCUT2D eigenvalue weighted by Gasteiger charge is -2.24. The molecule has 0 aliphatic heterocycles. The van der Waals surface area contributed by atoms with Gasteiger partial charge in [-0.25, -0.2) is 12.4 Å². The largest absolute Gasteiger partial charge is 0.383 e. The third-order valence-corrected chi connectivity index (χ3v) is 6.58. The molecule has 0 radical (unpaired) electrons. The van der Waals surface area contributed by atoms with Crippen LogP contribution in [0.25, 0.3) is 10.9 Å². The lowest BCUT2D eigenvalue weighted by atomic mass is 10.1. The van der Waals surface area contributed by atoms with E-state index in [1.807, 2.05) is 0 Å². The molecular weight excluding hydrogens is 376 g/mol. The lowest BCUT2D eigenvalue weighted by molar-refractivity contribution is -0.385. The highest BCUT2D eigenvalue weighted by atomic mass is 32.2. The normalized spacial score (nSPS) is 14.5. The monoisotopic (exact) mass is 400 g/mol. The second-order valence-electron chi connectivity index (χ2n) is 6.69. The average molecular weight is 401 g/mol. The standard InChI is InChI=1S/C17H24N2O5S2/c1-5-6-7-25-11-17(3,20)16-10-13-9-14(19(21)22)12(2)8-15(13)18(16)26(4,23)24/h8-10,20H,5-7,11H2,1-4H3. The van der Waals surface area contributed by atoms with E-state index in [4.69, 9.17) is 0 Å². The smallest absolute Gasteiger partial charge is 0.273 e. The van der Waals surface area contributed by atoms with E-state index < -0.39 is 20.5 Å². The molecule has 1 atom stereocenters. The SMILES string of the molecule is CCCCSCC(C)(O)c1cc2cc([N+](=O)[O-])c(C)cc2n1S(C)(=O)=O. The van der Waals surface area contributed by atoms with Crippen LogP contribution in [0.3, 0.4) is 0 Å². The van der Waals surface area contributed by atoms with Crippen LogP contribution in [-0.4, -0.2) is 40.2 Å². The van der Waals surface area contributed by atoms with Crippen LogP contribution in [0.5, 0.6) is 0 Å². The molecule has 1 aromatic heterocycles. The number of hydrogen-bond acceptors (Lipinski definition) is 6. The van der Waals surface area contributed by atoms with Gasteiger partial charge in [-0.15, -0.1) is 0 Å². The van der Waals surface area contributed by atoms with Crippen LogP contribution in [0.15, 0.2) is 18.2 Å². The number of nitrogens with zero attached hydrogens (tertiary/aromatic N) is 2. The Kier molecular flexibility index (Phi) is 6.04. The number of fused-ring (bicyclic) bond motifs is 1. The molecule has 1 N–H and O–H groups in total. The molecule has 9 heteroatoms. The van der Waals surface area contributed by atoms with E-state index in [-0.39, 0.29) is 11.4 Å². The Bertz CT molecular complexity index is 932. The van der Waals surface area contributed by atoms with Crippen molar-refractivity contribution in [2.45, 2.75) is 39.2 Å². The van der Waals surface area contributed by atoms with Crippen molar-refractivity contribution in [3.05, 3.63) is 39.6 Å². The minimum atomic E-state index is -3.71. The number of benzene rings is 1. The van der Waals surface area contributed by atoms with Crippen molar-refractivity contribution in [3.63, 3.8) is 0 Å². The number of aliphatic hydroxyl groups is 1. The van der Waals surface area contributed by atoms with Crippen molar-refractivity contribution in [1.29, 1.82) is 0 Å². The van der Waals surface area contributed by atoms with Gasteiger partial charge in [0.05, 0.1) is 22.4 Å². The molecule has 0 fully saturated rings. The molecule has 0 spiro atoms. The summed E-state index contributed by atoms with van der Waals surface area (Å²) in [6.45, 7) is 5.22. The fourth-order valence-electron chi connectivity index (χ4n) is 2.84. The zero-order valence-corrected chi connectivity index (χ0v) is 17.0. The van der Waals surface area contributed by atoms with Crippen LogP contribution >= 0.6 is 11.8 Å². The number of aryl methyl sites for hydroxylation is 1. The first-order chi connectivity index (χ1) is 12.0. The van der Waals surface area contributed by atoms with Crippen LogP contribution in [0.4, 0.5) is 5.69 Å². The minimum absolute atomic E-state index is 0.0772. The molecule has 0 aliphatic carbocycles. The Labute approximate surface area is 157 Å². The fraction of sp³-hybridized carbons (Fsp3) is 0.529. The lowest BCUT2D eigenvalue weighted by Crippen LogP contribution is -2.30. The number of aromatic nitrogens is 1. The first-order valence-electron chi connectivity index (χ1n) is 8.30. The van der Waals surface area contributed by atoms with Crippen molar-refractivity contribution in [2.75, 3.05) is 17.8 Å². The summed E-state index contributed by atoms with van der Waals surface area (Å²) in [4.78, 5) is 10.7. The van der Waals surface area contributed by atoms with E-state index in [1.54, 1.807) is 25.6 Å². The highest BCUT2D eigenvalue weighted by molar-refractivity contribution is 7.99. The van der Waals surface area contributed by atoms with Crippen LogP contribution in [0.1, 0.15) is 37.9 Å². The third kappa shape index (κ3) is 4.21. The number of unbranched alkanes of at least 4 members (excludes halogenated alkanes) is 1. The van der Waals surface area contributed by atoms with Crippen molar-refractivity contribution in [3.8, 4) is 0 Å². The molecule has 0 aliphatic rings. The summed E-state index contributed by atoms with van der Waals surface area (Å²) in [5.41, 5.74) is -0.535. The van der Waals surface area contributed by atoms with Gasteiger partial charge in [-0.3, -0.25) is 10.1 Å². The fourth-order valence-corrected chi connectivity index (χ4v) is 5.15. The maximum atomic E-state index is 12.4. The Hall–Kier alpha value is -1.58. The van der Waals surface area contributed by atoms with E-state index in [2.05, 4.69) is 6.92 Å². The number of rotatable bonds is 8. The number of nitro groups is 1. The highest BCUT2D eigenvalue weighted by Gasteiger charge is 2.32. The Balaban J connectivity index is 2.63. The van der Waals surface area contributed by atoms with Gasteiger partial charge >= 0.3 is 0 Å². The molecular formula is C17H24N2O5S2. The predicted octanol–water partition coefficient (Wildman–Crippen LogP) is 3.41. The molecule has 1 unspecified atom stereocenters. The predicted molar refractivity (Wildman–Crippen MR) is 105 cm³/mol. The van der Waals surface area contributed by atoms with E-state index in [1.165, 1.54) is 18.2 Å². The molecule has 26 heavy (non-hydrogen) atoms. The average Bonchev–Trinajstić information content (AvgIpc) is 2.90. The van der Waals surface area contributed by atoms with E-state index in [9.17, 15) is 23.6 Å². The van der Waals surface area contributed by atoms with Crippen LogP contribution in [-0.2, 0) is 15.6 Å². The van der Waals surface area contributed by atoms with Gasteiger partial charge in [0.2, 0.25) is 10.0 Å². The zero-order chi connectivity index (χ0) is 19.7. The molecule has 1 aromatic carbocycles. The Morgan fingerprint density at radius 1 is 1.35 bits per heavy atom. The summed E-state index contributed by atoms with van der Waals surface area (Å²) in [5.74, 6) is 1.20. The second-order valence-corrected chi connectivity index (χ2v) is 9.63. The molecule has 0 saturated carbocycles. The summed E-state index contributed by atoms with van der Waals surface area (Å²) in [7, 11) is -3.71. The Morgan fingerprint density at radius 3 is 2.54 bits per heavy atom. The first-order valence-corrected chi connectivity index (χ1v) is 11.3. The van der Waals surface area contributed by atoms with E-state index in [0.29, 0.717) is 22.2 Å². The maximum Gasteiger partial charge on any atom is 0.273 e. The summed E-state index contributed by atoms with van der Waals surface area (Å²) in [5, 5.41) is 22.5. The summed E-state index contributed by atoms with van der Waals surface area (Å²) in [6, 6.07) is 4.37. The van der Waals surface area contributed by atoms with E-state index in [0.717, 1.165) is 28.8 Å². The van der Waals surface area contributed by atoms with Gasteiger partial charge in [-0.05, 0) is 38.2 Å². The van der Waals surface area contributed by atoms with Gasteiger partial charge in [0, 0.05) is 22.8 Å². The molecule has 0 saturated heterocycles. The topological polar surface area (TPSA) is 102 Å². The molecule has 2 aromatic rings. The van der Waals surface area contributed by atoms with Crippen molar-refractivity contribution in [1.82, 2.24) is 3.97 Å². The second kappa shape index (κ2) is 7.58. The van der Waals surface area contributed by atoms with Crippen LogP contribution in [0, 0.1) is 17.0 Å². The van der Waals surface area contributed by atoms with Crippen LogP contribution < -0.4 is 0 Å². The van der Waals surface area contributed by atoms with Crippen molar-refractivity contribution < 1.29 is 18.4 Å². The summed E-state index contributed by atoms with van der Waals surface area (Å²) < 4.78 is 25.9. The molecule has 0 amide bonds. The zero-order valence-electron chi connectivity index (χ0n) is 15.4. The van der Waals surface area contributed by atoms with Crippen molar-refractivity contribution >= 4 is 38.4 Å². The first kappa shape index (κ1) is 20.7. The molecule has 0 bridgehead atoms. The molecule has 2 rings (SSSR count). The van der Waals surface area contributed by atoms with Gasteiger partial charge in [-0.1, -0.05) is 13.3 Å². The minimum Gasteiger partial charge on any atom is -0.383 e. The van der Waals surface area contributed by atoms with Gasteiger partial charge in [-0.2, -0.15) is 11.8 Å². The van der Waals surface area contributed by atoms with Gasteiger partial charge < -0.3 is 5.11 Å². The summed E-state index contributed by atoms with van der Waals surface area (Å²) in [6.07, 6.45) is 3.12. The quantitative estimate of drug-likeness (QED) is 0.414. The van der Waals surface area contributed by atoms with Gasteiger partial charge in [0.25, 0.3) is 5.69 Å². The molecule has 7 nitrogen and oxygen atoms in total.